The summed E-state index contributed by atoms with van der Waals surface area (Å²) in [6, 6.07) is 22.5. The van der Waals surface area contributed by atoms with Crippen LogP contribution in [0.4, 0.5) is 0 Å². The molecule has 0 aliphatic carbocycles. The van der Waals surface area contributed by atoms with Crippen LogP contribution in [0.1, 0.15) is 40.3 Å². The maximum Gasteiger partial charge on any atom is 0.173 e. The van der Waals surface area contributed by atoms with Crippen molar-refractivity contribution in [2.75, 3.05) is 13.1 Å². The van der Waals surface area contributed by atoms with Crippen molar-refractivity contribution in [3.8, 4) is 22.4 Å². The van der Waals surface area contributed by atoms with Crippen LogP contribution in [0.3, 0.4) is 0 Å². The van der Waals surface area contributed by atoms with Crippen LogP contribution in [0.25, 0.3) is 22.4 Å². The Morgan fingerprint density at radius 1 is 1.00 bits per heavy atom. The molecule has 3 heterocycles. The maximum atomic E-state index is 12.4. The number of nitrogens with zero attached hydrogens (tertiary/aromatic N) is 2. The van der Waals surface area contributed by atoms with E-state index in [1.807, 2.05) is 12.1 Å². The minimum atomic E-state index is 0.0708. The van der Waals surface area contributed by atoms with Crippen LogP contribution < -0.4 is 0 Å². The summed E-state index contributed by atoms with van der Waals surface area (Å²) in [4.78, 5) is 15.6. The molecule has 1 fully saturated rings. The van der Waals surface area contributed by atoms with Crippen molar-refractivity contribution in [3.63, 3.8) is 0 Å². The van der Waals surface area contributed by atoms with Gasteiger partial charge >= 0.3 is 0 Å². The summed E-state index contributed by atoms with van der Waals surface area (Å²) in [6.07, 6.45) is 3.47. The monoisotopic (exact) mass is 476 g/mol. The molecule has 1 saturated heterocycles. The number of Topliss-reactive ketones (excluding diaryl/α,β-unsaturated/α-hetero) is 1. The van der Waals surface area contributed by atoms with Crippen molar-refractivity contribution < 1.29 is 9.32 Å². The Morgan fingerprint density at radius 2 is 1.82 bits per heavy atom. The molecule has 168 valence electrons. The standard InChI is InChI=1S/C27H25ClN2O2S/c28-27-13-12-26(33-27)25(31)11-10-22-17-24(29-32-22)20-8-5-7-19(16-20)23-9-2-1-6-21(23)18-30-14-3-4-15-30/h1-2,5-9,12-13,16-17H,3-4,10-11,14-15,18H2. The first-order valence-corrected chi connectivity index (χ1v) is 12.5. The van der Waals surface area contributed by atoms with Crippen LogP contribution in [0.2, 0.25) is 4.34 Å². The van der Waals surface area contributed by atoms with Crippen LogP contribution in [0.5, 0.6) is 0 Å². The lowest BCUT2D eigenvalue weighted by Crippen LogP contribution is -2.18. The van der Waals surface area contributed by atoms with Gasteiger partial charge in [-0.15, -0.1) is 11.3 Å². The van der Waals surface area contributed by atoms with E-state index in [1.54, 1.807) is 12.1 Å². The van der Waals surface area contributed by atoms with E-state index in [9.17, 15) is 4.79 Å². The highest BCUT2D eigenvalue weighted by atomic mass is 35.5. The minimum Gasteiger partial charge on any atom is -0.361 e. The molecule has 6 heteroatoms. The van der Waals surface area contributed by atoms with Crippen molar-refractivity contribution >= 4 is 28.7 Å². The molecule has 5 rings (SSSR count). The number of hydrogen-bond acceptors (Lipinski definition) is 5. The van der Waals surface area contributed by atoms with Gasteiger partial charge in [0.05, 0.1) is 9.21 Å². The summed E-state index contributed by atoms with van der Waals surface area (Å²) in [5.74, 6) is 0.780. The predicted molar refractivity (Wildman–Crippen MR) is 134 cm³/mol. The number of aryl methyl sites for hydroxylation is 1. The number of aromatic nitrogens is 1. The van der Waals surface area contributed by atoms with Gasteiger partial charge < -0.3 is 4.52 Å². The second-order valence-corrected chi connectivity index (χ2v) is 10.1. The molecule has 4 aromatic rings. The molecule has 0 saturated carbocycles. The van der Waals surface area contributed by atoms with Crippen molar-refractivity contribution in [1.82, 2.24) is 10.1 Å². The van der Waals surface area contributed by atoms with Gasteiger partial charge in [0, 0.05) is 31.0 Å². The van der Waals surface area contributed by atoms with E-state index in [0.29, 0.717) is 27.8 Å². The Hall–Kier alpha value is -2.73. The van der Waals surface area contributed by atoms with Gasteiger partial charge in [0.15, 0.2) is 5.78 Å². The van der Waals surface area contributed by atoms with E-state index in [-0.39, 0.29) is 5.78 Å². The Kier molecular flexibility index (Phi) is 6.72. The third kappa shape index (κ3) is 5.27. The zero-order valence-electron chi connectivity index (χ0n) is 18.3. The molecule has 0 bridgehead atoms. The number of thiophene rings is 1. The van der Waals surface area contributed by atoms with Crippen LogP contribution in [0.15, 0.2) is 71.3 Å². The third-order valence-electron chi connectivity index (χ3n) is 6.08. The quantitative estimate of drug-likeness (QED) is 0.254. The van der Waals surface area contributed by atoms with Gasteiger partial charge in [0.25, 0.3) is 0 Å². The molecule has 0 radical (unpaired) electrons. The van der Waals surface area contributed by atoms with Crippen LogP contribution in [-0.2, 0) is 13.0 Å². The van der Waals surface area contributed by atoms with Crippen molar-refractivity contribution in [3.05, 3.63) is 87.3 Å². The summed E-state index contributed by atoms with van der Waals surface area (Å²) >= 11 is 7.25. The fourth-order valence-corrected chi connectivity index (χ4v) is 5.37. The Labute approximate surface area is 202 Å². The van der Waals surface area contributed by atoms with Crippen molar-refractivity contribution in [1.29, 1.82) is 0 Å². The van der Waals surface area contributed by atoms with Gasteiger partial charge in [-0.2, -0.15) is 0 Å². The van der Waals surface area contributed by atoms with E-state index in [1.165, 1.54) is 54.0 Å². The van der Waals surface area contributed by atoms with E-state index >= 15 is 0 Å². The van der Waals surface area contributed by atoms with Crippen LogP contribution in [-0.4, -0.2) is 28.9 Å². The second-order valence-electron chi connectivity index (χ2n) is 8.43. The Balaban J connectivity index is 1.31. The lowest BCUT2D eigenvalue weighted by molar-refractivity contribution is 0.0984. The molecule has 2 aromatic heterocycles. The molecular formula is C27H25ClN2O2S. The molecule has 1 aliphatic heterocycles. The molecule has 0 amide bonds. The van der Waals surface area contributed by atoms with Gasteiger partial charge in [0.1, 0.15) is 11.5 Å². The summed E-state index contributed by atoms with van der Waals surface area (Å²) in [7, 11) is 0. The number of halogens is 1. The van der Waals surface area contributed by atoms with E-state index in [2.05, 4.69) is 52.5 Å². The van der Waals surface area contributed by atoms with Crippen molar-refractivity contribution in [2.24, 2.45) is 0 Å². The number of rotatable bonds is 8. The summed E-state index contributed by atoms with van der Waals surface area (Å²) in [5, 5.41) is 4.27. The molecule has 0 spiro atoms. The molecule has 2 aromatic carbocycles. The third-order valence-corrected chi connectivity index (χ3v) is 7.36. The fraction of sp³-hybridized carbons (Fsp3) is 0.259. The molecule has 1 aliphatic rings. The van der Waals surface area contributed by atoms with Gasteiger partial charge in [-0.3, -0.25) is 9.69 Å². The maximum absolute atomic E-state index is 12.4. The topological polar surface area (TPSA) is 46.3 Å². The number of carbonyl (C=O) groups is 1. The number of ketones is 1. The molecule has 0 N–H and O–H groups in total. The molecule has 0 unspecified atom stereocenters. The summed E-state index contributed by atoms with van der Waals surface area (Å²) < 4.78 is 6.16. The van der Waals surface area contributed by atoms with Crippen LogP contribution in [0, 0.1) is 0 Å². The largest absolute Gasteiger partial charge is 0.361 e. The highest BCUT2D eigenvalue weighted by Crippen LogP contribution is 2.30. The van der Waals surface area contributed by atoms with E-state index in [4.69, 9.17) is 16.1 Å². The van der Waals surface area contributed by atoms with Gasteiger partial charge in [-0.05, 0) is 60.8 Å². The second kappa shape index (κ2) is 10.0. The average Bonchev–Trinajstić information content (AvgIpc) is 3.61. The SMILES string of the molecule is O=C(CCc1cc(-c2cccc(-c3ccccc3CN3CCCC3)c2)no1)c1ccc(Cl)s1. The van der Waals surface area contributed by atoms with Gasteiger partial charge in [-0.25, -0.2) is 0 Å². The summed E-state index contributed by atoms with van der Waals surface area (Å²) in [6.45, 7) is 3.34. The Bertz CT molecular complexity index is 1260. The number of carbonyl (C=O) groups excluding carboxylic acids is 1. The first-order valence-electron chi connectivity index (χ1n) is 11.3. The van der Waals surface area contributed by atoms with Crippen molar-refractivity contribution in [2.45, 2.75) is 32.2 Å². The number of likely N-dealkylation sites (tertiary alicyclic amines) is 1. The lowest BCUT2D eigenvalue weighted by atomic mass is 9.97. The van der Waals surface area contributed by atoms with E-state index in [0.717, 1.165) is 17.8 Å². The van der Waals surface area contributed by atoms with E-state index < -0.39 is 0 Å². The Morgan fingerprint density at radius 3 is 2.64 bits per heavy atom. The minimum absolute atomic E-state index is 0.0708. The van der Waals surface area contributed by atoms with Gasteiger partial charge in [-0.1, -0.05) is 59.2 Å². The molecular weight excluding hydrogens is 452 g/mol. The van der Waals surface area contributed by atoms with Gasteiger partial charge in [0.2, 0.25) is 0 Å². The normalized spacial score (nSPS) is 14.1. The zero-order valence-corrected chi connectivity index (χ0v) is 19.9. The smallest absolute Gasteiger partial charge is 0.173 e. The predicted octanol–water partition coefficient (Wildman–Crippen LogP) is 7.13. The fourth-order valence-electron chi connectivity index (χ4n) is 4.36. The zero-order chi connectivity index (χ0) is 22.6. The van der Waals surface area contributed by atoms with Crippen LogP contribution >= 0.6 is 22.9 Å². The molecule has 4 nitrogen and oxygen atoms in total. The number of hydrogen-bond donors (Lipinski definition) is 0. The highest BCUT2D eigenvalue weighted by molar-refractivity contribution is 7.18. The average molecular weight is 477 g/mol. The highest BCUT2D eigenvalue weighted by Gasteiger charge is 2.16. The summed E-state index contributed by atoms with van der Waals surface area (Å²) in [5.41, 5.74) is 5.58. The lowest BCUT2D eigenvalue weighted by Gasteiger charge is -2.17. The molecule has 33 heavy (non-hydrogen) atoms. The molecule has 0 atom stereocenters. The first kappa shape index (κ1) is 22.1. The number of benzene rings is 2. The first-order chi connectivity index (χ1) is 16.2.